The first-order valence-electron chi connectivity index (χ1n) is 10.1. The minimum Gasteiger partial charge on any atom is -0.426 e. The fraction of sp³-hybridized carbons (Fsp3) is 0.478. The Labute approximate surface area is 175 Å². The summed E-state index contributed by atoms with van der Waals surface area (Å²) in [5.41, 5.74) is 0. The summed E-state index contributed by atoms with van der Waals surface area (Å²) in [4.78, 5) is 25.4. The van der Waals surface area contributed by atoms with E-state index in [2.05, 4.69) is 0 Å². The van der Waals surface area contributed by atoms with Crippen LogP contribution in [0.1, 0.15) is 39.5 Å². The van der Waals surface area contributed by atoms with Gasteiger partial charge in [0, 0.05) is 10.8 Å². The molecule has 0 radical (unpaired) electrons. The quantitative estimate of drug-likeness (QED) is 0.386. The molecule has 1 aliphatic carbocycles. The van der Waals surface area contributed by atoms with Crippen LogP contribution in [0.2, 0.25) is 0 Å². The topological polar surface area (TPSA) is 65.1 Å². The lowest BCUT2D eigenvalue weighted by Gasteiger charge is -2.23. The average molecular weight is 415 g/mol. The molecule has 3 unspecified atom stereocenters. The molecule has 2 aromatic rings. The SMILES string of the molecule is CCC(C)(SC)C(=O)Oc1cccc2c(OC(=O)[C@H]3CCC4OC4C3)cccc12. The van der Waals surface area contributed by atoms with Crippen molar-refractivity contribution in [2.24, 2.45) is 5.92 Å². The van der Waals surface area contributed by atoms with Crippen molar-refractivity contribution >= 4 is 34.5 Å². The van der Waals surface area contributed by atoms with Crippen molar-refractivity contribution in [2.45, 2.75) is 56.5 Å². The van der Waals surface area contributed by atoms with Gasteiger partial charge in [-0.15, -0.1) is 11.8 Å². The maximum Gasteiger partial charge on any atom is 0.327 e. The van der Waals surface area contributed by atoms with Crippen molar-refractivity contribution in [3.63, 3.8) is 0 Å². The lowest BCUT2D eigenvalue weighted by atomic mass is 9.89. The molecule has 1 saturated carbocycles. The van der Waals surface area contributed by atoms with Gasteiger partial charge in [-0.2, -0.15) is 0 Å². The van der Waals surface area contributed by atoms with Crippen LogP contribution in [0.15, 0.2) is 36.4 Å². The molecule has 154 valence electrons. The highest BCUT2D eigenvalue weighted by Crippen LogP contribution is 2.40. The van der Waals surface area contributed by atoms with Crippen LogP contribution in [-0.2, 0) is 14.3 Å². The summed E-state index contributed by atoms with van der Waals surface area (Å²) in [7, 11) is 0. The Morgan fingerprint density at radius 1 is 1.07 bits per heavy atom. The number of esters is 2. The summed E-state index contributed by atoms with van der Waals surface area (Å²) in [6, 6.07) is 10.9. The Hall–Kier alpha value is -2.05. The fourth-order valence-electron chi connectivity index (χ4n) is 3.82. The molecule has 4 atom stereocenters. The maximum atomic E-state index is 12.7. The van der Waals surface area contributed by atoms with Gasteiger partial charge in [-0.1, -0.05) is 31.2 Å². The Bertz CT molecular complexity index is 936. The molecule has 1 saturated heterocycles. The lowest BCUT2D eigenvalue weighted by molar-refractivity contribution is -0.140. The number of carbonyl (C=O) groups is 2. The smallest absolute Gasteiger partial charge is 0.327 e. The van der Waals surface area contributed by atoms with Crippen LogP contribution in [0.4, 0.5) is 0 Å². The number of benzene rings is 2. The van der Waals surface area contributed by atoms with E-state index in [-0.39, 0.29) is 24.0 Å². The van der Waals surface area contributed by atoms with Gasteiger partial charge in [0.25, 0.3) is 0 Å². The van der Waals surface area contributed by atoms with Crippen molar-refractivity contribution in [1.82, 2.24) is 0 Å². The van der Waals surface area contributed by atoms with Crippen molar-refractivity contribution in [1.29, 1.82) is 0 Å². The predicted octanol–water partition coefficient (Wildman–Crippen LogP) is 4.75. The number of carbonyl (C=O) groups excluding carboxylic acids is 2. The first kappa shape index (κ1) is 20.2. The highest BCUT2D eigenvalue weighted by Gasteiger charge is 2.46. The Balaban J connectivity index is 1.56. The van der Waals surface area contributed by atoms with E-state index in [0.29, 0.717) is 24.0 Å². The second kappa shape index (κ2) is 8.00. The third-order valence-electron chi connectivity index (χ3n) is 6.15. The monoisotopic (exact) mass is 414 g/mol. The molecule has 29 heavy (non-hydrogen) atoms. The number of thioether (sulfide) groups is 1. The summed E-state index contributed by atoms with van der Waals surface area (Å²) in [5.74, 6) is 0.360. The van der Waals surface area contributed by atoms with Crippen molar-refractivity contribution < 1.29 is 23.8 Å². The van der Waals surface area contributed by atoms with E-state index in [1.165, 1.54) is 11.8 Å². The molecule has 1 aliphatic heterocycles. The van der Waals surface area contributed by atoms with Crippen LogP contribution in [0.25, 0.3) is 10.8 Å². The van der Waals surface area contributed by atoms with Gasteiger partial charge in [-0.25, -0.2) is 0 Å². The van der Waals surface area contributed by atoms with Gasteiger partial charge >= 0.3 is 11.9 Å². The molecule has 5 nitrogen and oxygen atoms in total. The summed E-state index contributed by atoms with van der Waals surface area (Å²) in [5, 5.41) is 1.50. The second-order valence-electron chi connectivity index (χ2n) is 7.93. The second-order valence-corrected chi connectivity index (χ2v) is 9.24. The number of ether oxygens (including phenoxy) is 3. The molecule has 1 heterocycles. The fourth-order valence-corrected chi connectivity index (χ4v) is 4.32. The molecule has 2 aliphatic rings. The summed E-state index contributed by atoms with van der Waals surface area (Å²) >= 11 is 1.48. The molecule has 0 amide bonds. The van der Waals surface area contributed by atoms with E-state index in [1.807, 2.05) is 44.4 Å². The van der Waals surface area contributed by atoms with Crippen LogP contribution in [0.3, 0.4) is 0 Å². The summed E-state index contributed by atoms with van der Waals surface area (Å²) < 4.78 is 16.4. The average Bonchev–Trinajstić information content (AvgIpc) is 3.52. The molecular formula is C23H26O5S. The number of hydrogen-bond donors (Lipinski definition) is 0. The third kappa shape index (κ3) is 4.01. The number of fused-ring (bicyclic) bond motifs is 2. The van der Waals surface area contributed by atoms with E-state index in [9.17, 15) is 9.59 Å². The molecule has 0 aromatic heterocycles. The van der Waals surface area contributed by atoms with Gasteiger partial charge in [0.15, 0.2) is 0 Å². The number of epoxide rings is 1. The van der Waals surface area contributed by atoms with Crippen molar-refractivity contribution in [3.8, 4) is 11.5 Å². The zero-order chi connectivity index (χ0) is 20.6. The molecule has 2 fully saturated rings. The van der Waals surface area contributed by atoms with E-state index in [1.54, 1.807) is 12.1 Å². The van der Waals surface area contributed by atoms with Crippen LogP contribution in [0, 0.1) is 5.92 Å². The Kier molecular flexibility index (Phi) is 5.58. The van der Waals surface area contributed by atoms with Crippen LogP contribution >= 0.6 is 11.8 Å². The highest BCUT2D eigenvalue weighted by molar-refractivity contribution is 8.00. The van der Waals surface area contributed by atoms with Gasteiger partial charge < -0.3 is 14.2 Å². The van der Waals surface area contributed by atoms with Gasteiger partial charge in [0.2, 0.25) is 0 Å². The molecule has 0 bridgehead atoms. The van der Waals surface area contributed by atoms with Crippen LogP contribution < -0.4 is 9.47 Å². The standard InChI is InChI=1S/C23H26O5S/c1-4-23(2,29-3)22(25)28-18-10-6-7-15-16(18)8-5-9-17(15)27-21(24)14-11-12-19-20(13-14)26-19/h5-10,14,19-20H,4,11-13H2,1-3H3/t14-,19?,20?,23?/m0/s1. The van der Waals surface area contributed by atoms with E-state index in [0.717, 1.165) is 30.0 Å². The summed E-state index contributed by atoms with van der Waals surface area (Å²) in [6.07, 6.45) is 5.62. The van der Waals surface area contributed by atoms with Crippen LogP contribution in [0.5, 0.6) is 11.5 Å². The molecule has 6 heteroatoms. The van der Waals surface area contributed by atoms with E-state index >= 15 is 0 Å². The van der Waals surface area contributed by atoms with E-state index < -0.39 is 4.75 Å². The van der Waals surface area contributed by atoms with Gasteiger partial charge in [-0.3, -0.25) is 9.59 Å². The summed E-state index contributed by atoms with van der Waals surface area (Å²) in [6.45, 7) is 3.86. The Morgan fingerprint density at radius 3 is 2.31 bits per heavy atom. The molecule has 0 spiro atoms. The molecule has 4 rings (SSSR count). The van der Waals surface area contributed by atoms with Gasteiger partial charge in [-0.05, 0) is 51.0 Å². The molecule has 2 aromatic carbocycles. The minimum absolute atomic E-state index is 0.123. The maximum absolute atomic E-state index is 12.7. The van der Waals surface area contributed by atoms with Crippen LogP contribution in [-0.4, -0.2) is 35.1 Å². The molecular weight excluding hydrogens is 388 g/mol. The minimum atomic E-state index is -0.601. The first-order chi connectivity index (χ1) is 13.9. The highest BCUT2D eigenvalue weighted by atomic mass is 32.2. The molecule has 0 N–H and O–H groups in total. The first-order valence-corrected chi connectivity index (χ1v) is 11.3. The third-order valence-corrected chi connectivity index (χ3v) is 7.51. The zero-order valence-electron chi connectivity index (χ0n) is 17.0. The van der Waals surface area contributed by atoms with Gasteiger partial charge in [0.05, 0.1) is 18.1 Å². The van der Waals surface area contributed by atoms with Crippen molar-refractivity contribution in [2.75, 3.05) is 6.26 Å². The largest absolute Gasteiger partial charge is 0.426 e. The predicted molar refractivity (Wildman–Crippen MR) is 113 cm³/mol. The number of rotatable bonds is 6. The van der Waals surface area contributed by atoms with E-state index in [4.69, 9.17) is 14.2 Å². The van der Waals surface area contributed by atoms with Crippen molar-refractivity contribution in [3.05, 3.63) is 36.4 Å². The lowest BCUT2D eigenvalue weighted by Crippen LogP contribution is -2.34. The normalized spacial score (nSPS) is 25.0. The number of hydrogen-bond acceptors (Lipinski definition) is 6. The zero-order valence-corrected chi connectivity index (χ0v) is 17.8. The van der Waals surface area contributed by atoms with Gasteiger partial charge in [0.1, 0.15) is 16.2 Å². The Morgan fingerprint density at radius 2 is 1.72 bits per heavy atom.